The highest BCUT2D eigenvalue weighted by Crippen LogP contribution is 2.27. The highest BCUT2D eigenvalue weighted by molar-refractivity contribution is 5.84. The van der Waals surface area contributed by atoms with E-state index in [4.69, 9.17) is 0 Å². The fourth-order valence-electron chi connectivity index (χ4n) is 3.35. The SMILES string of the molecule is CCc1ccc(CCNC(=O)C2(n3cccn3)CCNCC2)cc1. The van der Waals surface area contributed by atoms with Crippen molar-refractivity contribution < 1.29 is 4.79 Å². The van der Waals surface area contributed by atoms with E-state index in [0.29, 0.717) is 6.54 Å². The van der Waals surface area contributed by atoms with Crippen LogP contribution in [0, 0.1) is 0 Å². The molecule has 0 bridgehead atoms. The highest BCUT2D eigenvalue weighted by Gasteiger charge is 2.41. The molecule has 5 nitrogen and oxygen atoms in total. The Bertz CT molecular complexity index is 643. The first-order valence-corrected chi connectivity index (χ1v) is 8.81. The van der Waals surface area contributed by atoms with E-state index < -0.39 is 5.54 Å². The van der Waals surface area contributed by atoms with E-state index >= 15 is 0 Å². The van der Waals surface area contributed by atoms with Crippen LogP contribution in [0.25, 0.3) is 0 Å². The molecule has 1 aromatic carbocycles. The standard InChI is InChI=1S/C19H26N4O/c1-2-16-4-6-17(7-5-16)8-12-21-18(24)19(9-13-20-14-10-19)23-15-3-11-22-23/h3-7,11,15,20H,2,8-10,12-14H2,1H3,(H,21,24). The summed E-state index contributed by atoms with van der Waals surface area (Å²) in [6.45, 7) is 4.49. The Morgan fingerprint density at radius 1 is 1.25 bits per heavy atom. The molecule has 1 saturated heterocycles. The van der Waals surface area contributed by atoms with Crippen molar-refractivity contribution in [1.29, 1.82) is 0 Å². The predicted octanol–water partition coefficient (Wildman–Crippen LogP) is 1.88. The molecule has 0 unspecified atom stereocenters. The quantitative estimate of drug-likeness (QED) is 0.852. The number of piperidine rings is 1. The first-order chi connectivity index (χ1) is 11.7. The number of aryl methyl sites for hydroxylation is 1. The van der Waals surface area contributed by atoms with Crippen molar-refractivity contribution in [1.82, 2.24) is 20.4 Å². The van der Waals surface area contributed by atoms with Gasteiger partial charge in [0.05, 0.1) is 0 Å². The molecule has 0 radical (unpaired) electrons. The maximum absolute atomic E-state index is 12.9. The topological polar surface area (TPSA) is 59.0 Å². The third-order valence-corrected chi connectivity index (χ3v) is 4.93. The van der Waals surface area contributed by atoms with E-state index in [0.717, 1.165) is 38.8 Å². The number of nitrogens with zero attached hydrogens (tertiary/aromatic N) is 2. The third kappa shape index (κ3) is 3.51. The molecule has 2 aromatic rings. The minimum Gasteiger partial charge on any atom is -0.354 e. The summed E-state index contributed by atoms with van der Waals surface area (Å²) in [5.41, 5.74) is 2.04. The van der Waals surface area contributed by atoms with Crippen LogP contribution >= 0.6 is 0 Å². The lowest BCUT2D eigenvalue weighted by molar-refractivity contribution is -0.131. The minimum atomic E-state index is -0.555. The molecule has 1 amide bonds. The van der Waals surface area contributed by atoms with Crippen molar-refractivity contribution >= 4 is 5.91 Å². The number of rotatable bonds is 6. The fraction of sp³-hybridized carbons (Fsp3) is 0.474. The van der Waals surface area contributed by atoms with Crippen molar-refractivity contribution in [3.05, 3.63) is 53.9 Å². The van der Waals surface area contributed by atoms with E-state index in [1.807, 2.05) is 16.9 Å². The van der Waals surface area contributed by atoms with Crippen molar-refractivity contribution in [3.63, 3.8) is 0 Å². The van der Waals surface area contributed by atoms with Crippen LogP contribution in [0.2, 0.25) is 0 Å². The van der Waals surface area contributed by atoms with Crippen molar-refractivity contribution in [2.45, 2.75) is 38.1 Å². The minimum absolute atomic E-state index is 0.0814. The van der Waals surface area contributed by atoms with Crippen LogP contribution in [-0.2, 0) is 23.2 Å². The smallest absolute Gasteiger partial charge is 0.248 e. The molecule has 1 aliphatic heterocycles. The van der Waals surface area contributed by atoms with Gasteiger partial charge in [-0.2, -0.15) is 5.10 Å². The normalized spacial score (nSPS) is 16.7. The summed E-state index contributed by atoms with van der Waals surface area (Å²) in [4.78, 5) is 12.9. The Hall–Kier alpha value is -2.14. The highest BCUT2D eigenvalue weighted by atomic mass is 16.2. The number of hydrogen-bond donors (Lipinski definition) is 2. The van der Waals surface area contributed by atoms with E-state index in [9.17, 15) is 4.79 Å². The zero-order valence-corrected chi connectivity index (χ0v) is 14.3. The first kappa shape index (κ1) is 16.7. The molecule has 2 N–H and O–H groups in total. The van der Waals surface area contributed by atoms with Crippen molar-refractivity contribution in [2.24, 2.45) is 0 Å². The molecule has 1 fully saturated rings. The first-order valence-electron chi connectivity index (χ1n) is 8.81. The Morgan fingerprint density at radius 3 is 2.58 bits per heavy atom. The molecule has 0 saturated carbocycles. The molecule has 0 aliphatic carbocycles. The fourth-order valence-corrected chi connectivity index (χ4v) is 3.35. The Balaban J connectivity index is 1.61. The van der Waals surface area contributed by atoms with Crippen LogP contribution < -0.4 is 10.6 Å². The molecule has 3 rings (SSSR count). The Morgan fingerprint density at radius 2 is 1.96 bits per heavy atom. The summed E-state index contributed by atoms with van der Waals surface area (Å²) < 4.78 is 1.83. The van der Waals surface area contributed by atoms with Gasteiger partial charge in [-0.3, -0.25) is 9.48 Å². The van der Waals surface area contributed by atoms with E-state index in [2.05, 4.69) is 46.9 Å². The number of carbonyl (C=O) groups is 1. The second kappa shape index (κ2) is 7.62. The van der Waals surface area contributed by atoms with Gasteiger partial charge in [-0.1, -0.05) is 31.2 Å². The third-order valence-electron chi connectivity index (χ3n) is 4.93. The number of amides is 1. The van der Waals surface area contributed by atoms with Gasteiger partial charge in [0.25, 0.3) is 0 Å². The summed E-state index contributed by atoms with van der Waals surface area (Å²) in [6.07, 6.45) is 7.08. The van der Waals surface area contributed by atoms with Gasteiger partial charge < -0.3 is 10.6 Å². The predicted molar refractivity (Wildman–Crippen MR) is 94.8 cm³/mol. The van der Waals surface area contributed by atoms with Gasteiger partial charge >= 0.3 is 0 Å². The molecule has 5 heteroatoms. The number of hydrogen-bond acceptors (Lipinski definition) is 3. The van der Waals surface area contributed by atoms with Crippen LogP contribution in [0.5, 0.6) is 0 Å². The molecular formula is C19H26N4O. The zero-order chi connectivity index (χ0) is 16.8. The van der Waals surface area contributed by atoms with Crippen molar-refractivity contribution in [2.75, 3.05) is 19.6 Å². The second-order valence-electron chi connectivity index (χ2n) is 6.41. The molecule has 0 spiro atoms. The van der Waals surface area contributed by atoms with Gasteiger partial charge in [0.2, 0.25) is 5.91 Å². The average molecular weight is 326 g/mol. The van der Waals surface area contributed by atoms with Crippen molar-refractivity contribution in [3.8, 4) is 0 Å². The van der Waals surface area contributed by atoms with Crippen LogP contribution in [0.1, 0.15) is 30.9 Å². The summed E-state index contributed by atoms with van der Waals surface area (Å²) in [5.74, 6) is 0.0814. The Labute approximate surface area is 143 Å². The number of carbonyl (C=O) groups excluding carboxylic acids is 1. The van der Waals surface area contributed by atoms with Gasteiger partial charge in [-0.05, 0) is 56.0 Å². The van der Waals surface area contributed by atoms with Gasteiger partial charge in [0.1, 0.15) is 5.54 Å². The largest absolute Gasteiger partial charge is 0.354 e. The van der Waals surface area contributed by atoms with E-state index in [1.54, 1.807) is 6.20 Å². The second-order valence-corrected chi connectivity index (χ2v) is 6.41. The summed E-state index contributed by atoms with van der Waals surface area (Å²) >= 11 is 0. The average Bonchev–Trinajstić information content (AvgIpc) is 3.18. The van der Waals surface area contributed by atoms with E-state index in [-0.39, 0.29) is 5.91 Å². The van der Waals surface area contributed by atoms with E-state index in [1.165, 1.54) is 11.1 Å². The lowest BCUT2D eigenvalue weighted by Gasteiger charge is -2.36. The number of benzene rings is 1. The maximum Gasteiger partial charge on any atom is 0.248 e. The summed E-state index contributed by atoms with van der Waals surface area (Å²) in [6, 6.07) is 10.5. The van der Waals surface area contributed by atoms with Crippen LogP contribution in [0.3, 0.4) is 0 Å². The molecule has 24 heavy (non-hydrogen) atoms. The number of aromatic nitrogens is 2. The Kier molecular flexibility index (Phi) is 5.30. The molecular weight excluding hydrogens is 300 g/mol. The van der Waals surface area contributed by atoms with Crippen LogP contribution in [0.15, 0.2) is 42.7 Å². The zero-order valence-electron chi connectivity index (χ0n) is 14.3. The maximum atomic E-state index is 12.9. The number of nitrogens with one attached hydrogen (secondary N) is 2. The monoisotopic (exact) mass is 326 g/mol. The lowest BCUT2D eigenvalue weighted by atomic mass is 9.87. The molecule has 1 aliphatic rings. The van der Waals surface area contributed by atoms with Crippen LogP contribution in [-0.4, -0.2) is 35.3 Å². The molecule has 128 valence electrons. The lowest BCUT2D eigenvalue weighted by Crippen LogP contribution is -2.54. The van der Waals surface area contributed by atoms with Gasteiger partial charge in [0.15, 0.2) is 0 Å². The van der Waals surface area contributed by atoms with Gasteiger partial charge in [0, 0.05) is 18.9 Å². The van der Waals surface area contributed by atoms with Crippen LogP contribution in [0.4, 0.5) is 0 Å². The summed E-state index contributed by atoms with van der Waals surface area (Å²) in [7, 11) is 0. The van der Waals surface area contributed by atoms with Gasteiger partial charge in [-0.25, -0.2) is 0 Å². The van der Waals surface area contributed by atoms with Gasteiger partial charge in [-0.15, -0.1) is 0 Å². The molecule has 2 heterocycles. The molecule has 1 aromatic heterocycles. The molecule has 0 atom stereocenters. The summed E-state index contributed by atoms with van der Waals surface area (Å²) in [5, 5.41) is 10.8.